The van der Waals surface area contributed by atoms with Crippen molar-refractivity contribution in [3.05, 3.63) is 36.5 Å². The number of para-hydroxylation sites is 1. The number of carbonyl (C=O) groups excluding carboxylic acids is 1. The maximum absolute atomic E-state index is 10.6. The first-order chi connectivity index (χ1) is 8.56. The van der Waals surface area contributed by atoms with Crippen LogP contribution in [-0.4, -0.2) is 21.7 Å². The van der Waals surface area contributed by atoms with E-state index in [1.165, 1.54) is 4.57 Å². The fraction of sp³-hybridized carbons (Fsp3) is 0.231. The first-order valence-corrected chi connectivity index (χ1v) is 5.64. The van der Waals surface area contributed by atoms with Gasteiger partial charge in [-0.05, 0) is 18.6 Å². The lowest BCUT2D eigenvalue weighted by atomic mass is 10.2. The highest BCUT2D eigenvalue weighted by molar-refractivity contribution is 5.88. The van der Waals surface area contributed by atoms with E-state index in [2.05, 4.69) is 0 Å². The number of carbonyl (C=O) groups is 2. The Hall–Kier alpha value is -2.30. The van der Waals surface area contributed by atoms with Crippen molar-refractivity contribution in [3.63, 3.8) is 0 Å². The molecule has 2 rings (SSSR count). The SMILES string of the molecule is CCCC(N)=O.O=C(O)n1ccc2ccccc21. The van der Waals surface area contributed by atoms with Crippen LogP contribution in [0.5, 0.6) is 0 Å². The molecular weight excluding hydrogens is 232 g/mol. The van der Waals surface area contributed by atoms with Crippen molar-refractivity contribution in [1.29, 1.82) is 0 Å². The molecule has 18 heavy (non-hydrogen) atoms. The summed E-state index contributed by atoms with van der Waals surface area (Å²) in [7, 11) is 0. The number of rotatable bonds is 2. The normalized spacial score (nSPS) is 9.61. The summed E-state index contributed by atoms with van der Waals surface area (Å²) in [5.74, 6) is -0.211. The van der Waals surface area contributed by atoms with Crippen LogP contribution in [0, 0.1) is 0 Å². The molecule has 5 heteroatoms. The molecule has 0 radical (unpaired) electrons. The standard InChI is InChI=1S/C9H7NO2.C4H9NO/c11-9(12)10-6-5-7-3-1-2-4-8(7)10;1-2-3-4(5)6/h1-6H,(H,11,12);2-3H2,1H3,(H2,5,6). The van der Waals surface area contributed by atoms with E-state index in [-0.39, 0.29) is 5.91 Å². The van der Waals surface area contributed by atoms with E-state index in [0.29, 0.717) is 6.42 Å². The van der Waals surface area contributed by atoms with Gasteiger partial charge in [-0.2, -0.15) is 0 Å². The molecule has 0 aliphatic heterocycles. The van der Waals surface area contributed by atoms with Crippen molar-refractivity contribution in [3.8, 4) is 0 Å². The van der Waals surface area contributed by atoms with Crippen LogP contribution in [0.1, 0.15) is 19.8 Å². The average molecular weight is 248 g/mol. The Kier molecular flexibility index (Phi) is 4.92. The van der Waals surface area contributed by atoms with Crippen LogP contribution < -0.4 is 5.73 Å². The number of hydrogen-bond donors (Lipinski definition) is 2. The van der Waals surface area contributed by atoms with Crippen molar-refractivity contribution >= 4 is 22.9 Å². The maximum atomic E-state index is 10.6. The van der Waals surface area contributed by atoms with Crippen LogP contribution in [0.25, 0.3) is 10.9 Å². The Morgan fingerprint density at radius 2 is 1.94 bits per heavy atom. The van der Waals surface area contributed by atoms with Crippen molar-refractivity contribution in [2.45, 2.75) is 19.8 Å². The van der Waals surface area contributed by atoms with Crippen LogP contribution in [0.4, 0.5) is 4.79 Å². The number of fused-ring (bicyclic) bond motifs is 1. The van der Waals surface area contributed by atoms with Gasteiger partial charge in [0.1, 0.15) is 0 Å². The van der Waals surface area contributed by atoms with Gasteiger partial charge >= 0.3 is 6.09 Å². The molecular formula is C13H16N2O3. The van der Waals surface area contributed by atoms with E-state index < -0.39 is 6.09 Å². The Balaban J connectivity index is 0.000000232. The quantitative estimate of drug-likeness (QED) is 0.855. The van der Waals surface area contributed by atoms with E-state index in [4.69, 9.17) is 10.8 Å². The molecule has 0 saturated carbocycles. The van der Waals surface area contributed by atoms with E-state index in [0.717, 1.165) is 17.3 Å². The van der Waals surface area contributed by atoms with E-state index in [9.17, 15) is 9.59 Å². The summed E-state index contributed by atoms with van der Waals surface area (Å²) < 4.78 is 1.20. The molecule has 0 aliphatic rings. The Bertz CT molecular complexity index is 546. The Morgan fingerprint density at radius 1 is 1.28 bits per heavy atom. The molecule has 0 fully saturated rings. The third-order valence-electron chi connectivity index (χ3n) is 2.30. The third-order valence-corrected chi connectivity index (χ3v) is 2.30. The second-order valence-electron chi connectivity index (χ2n) is 3.74. The summed E-state index contributed by atoms with van der Waals surface area (Å²) in [5, 5.41) is 9.68. The minimum absolute atomic E-state index is 0.211. The minimum atomic E-state index is -0.948. The van der Waals surface area contributed by atoms with Gasteiger partial charge in [-0.1, -0.05) is 25.1 Å². The number of amides is 1. The fourth-order valence-corrected chi connectivity index (χ4v) is 1.50. The van der Waals surface area contributed by atoms with Crippen LogP contribution in [0.15, 0.2) is 36.5 Å². The van der Waals surface area contributed by atoms with Gasteiger partial charge in [0.2, 0.25) is 5.91 Å². The molecule has 0 bridgehead atoms. The first kappa shape index (κ1) is 13.8. The van der Waals surface area contributed by atoms with Crippen LogP contribution >= 0.6 is 0 Å². The van der Waals surface area contributed by atoms with Crippen molar-refractivity contribution in [2.24, 2.45) is 5.73 Å². The molecule has 2 aromatic rings. The van der Waals surface area contributed by atoms with Gasteiger partial charge in [-0.25, -0.2) is 4.79 Å². The zero-order chi connectivity index (χ0) is 13.5. The number of primary amides is 1. The van der Waals surface area contributed by atoms with Crippen molar-refractivity contribution in [2.75, 3.05) is 0 Å². The second kappa shape index (κ2) is 6.44. The lowest BCUT2D eigenvalue weighted by molar-refractivity contribution is -0.118. The number of nitrogens with two attached hydrogens (primary N) is 1. The summed E-state index contributed by atoms with van der Waals surface area (Å²) in [6.45, 7) is 1.92. The molecule has 0 spiro atoms. The monoisotopic (exact) mass is 248 g/mol. The maximum Gasteiger partial charge on any atom is 0.415 e. The Morgan fingerprint density at radius 3 is 2.44 bits per heavy atom. The number of hydrogen-bond acceptors (Lipinski definition) is 2. The predicted molar refractivity (Wildman–Crippen MR) is 69.5 cm³/mol. The summed E-state index contributed by atoms with van der Waals surface area (Å²) in [6.07, 6.45) is 1.97. The topological polar surface area (TPSA) is 85.3 Å². The molecule has 0 saturated heterocycles. The molecule has 1 aromatic carbocycles. The summed E-state index contributed by atoms with van der Waals surface area (Å²) >= 11 is 0. The molecule has 0 atom stereocenters. The zero-order valence-electron chi connectivity index (χ0n) is 10.2. The molecule has 0 aliphatic carbocycles. The molecule has 5 nitrogen and oxygen atoms in total. The molecule has 96 valence electrons. The summed E-state index contributed by atoms with van der Waals surface area (Å²) in [5.41, 5.74) is 5.49. The zero-order valence-corrected chi connectivity index (χ0v) is 10.2. The largest absolute Gasteiger partial charge is 0.464 e. The molecule has 1 heterocycles. The van der Waals surface area contributed by atoms with Crippen molar-refractivity contribution in [1.82, 2.24) is 4.57 Å². The van der Waals surface area contributed by atoms with Crippen LogP contribution in [0.2, 0.25) is 0 Å². The number of carboxylic acid groups (broad SMARTS) is 1. The predicted octanol–water partition coefficient (Wildman–Crippen LogP) is 2.44. The number of benzene rings is 1. The number of aromatic nitrogens is 1. The lowest BCUT2D eigenvalue weighted by Gasteiger charge is -1.95. The molecule has 1 aromatic heterocycles. The minimum Gasteiger partial charge on any atom is -0.464 e. The highest BCUT2D eigenvalue weighted by Gasteiger charge is 2.04. The highest BCUT2D eigenvalue weighted by atomic mass is 16.4. The molecule has 0 unspecified atom stereocenters. The van der Waals surface area contributed by atoms with Gasteiger partial charge in [-0.15, -0.1) is 0 Å². The van der Waals surface area contributed by atoms with Gasteiger partial charge < -0.3 is 10.8 Å². The highest BCUT2D eigenvalue weighted by Crippen LogP contribution is 2.14. The third kappa shape index (κ3) is 3.62. The first-order valence-electron chi connectivity index (χ1n) is 5.64. The number of nitrogens with zero attached hydrogens (tertiary/aromatic N) is 1. The average Bonchev–Trinajstić information content (AvgIpc) is 2.73. The molecule has 3 N–H and O–H groups in total. The van der Waals surface area contributed by atoms with E-state index in [1.54, 1.807) is 18.3 Å². The smallest absolute Gasteiger partial charge is 0.415 e. The van der Waals surface area contributed by atoms with Crippen molar-refractivity contribution < 1.29 is 14.7 Å². The second-order valence-corrected chi connectivity index (χ2v) is 3.74. The summed E-state index contributed by atoms with van der Waals surface area (Å²) in [6, 6.07) is 9.15. The van der Waals surface area contributed by atoms with E-state index >= 15 is 0 Å². The van der Waals surface area contributed by atoms with E-state index in [1.807, 2.05) is 25.1 Å². The lowest BCUT2D eigenvalue weighted by Crippen LogP contribution is -2.08. The van der Waals surface area contributed by atoms with Crippen LogP contribution in [0.3, 0.4) is 0 Å². The fourth-order valence-electron chi connectivity index (χ4n) is 1.50. The van der Waals surface area contributed by atoms with Gasteiger partial charge in [0.25, 0.3) is 0 Å². The van der Waals surface area contributed by atoms with Gasteiger partial charge in [-0.3, -0.25) is 9.36 Å². The van der Waals surface area contributed by atoms with Crippen LogP contribution in [-0.2, 0) is 4.79 Å². The molecule has 1 amide bonds. The van der Waals surface area contributed by atoms with Gasteiger partial charge in [0.15, 0.2) is 0 Å². The van der Waals surface area contributed by atoms with Gasteiger partial charge in [0.05, 0.1) is 5.52 Å². The summed E-state index contributed by atoms with van der Waals surface area (Å²) in [4.78, 5) is 20.5. The van der Waals surface area contributed by atoms with Gasteiger partial charge in [0, 0.05) is 18.0 Å². The Labute approximate surface area is 105 Å².